The first kappa shape index (κ1) is 14.9. The van der Waals surface area contributed by atoms with Gasteiger partial charge in [0, 0.05) is 0 Å². The van der Waals surface area contributed by atoms with Gasteiger partial charge in [-0.2, -0.15) is 0 Å². The van der Waals surface area contributed by atoms with Gasteiger partial charge in [-0.1, -0.05) is 48.7 Å². The fourth-order valence-electron chi connectivity index (χ4n) is 2.13. The lowest BCUT2D eigenvalue weighted by molar-refractivity contribution is -0.142. The monoisotopic (exact) mass is 302 g/mol. The number of alkyl halides is 3. The molecule has 1 N–H and O–H groups in total. The van der Waals surface area contributed by atoms with E-state index in [1.807, 2.05) is 13.8 Å². The number of halogens is 3. The highest BCUT2D eigenvalue weighted by atomic mass is 35.6. The normalized spacial score (nSPS) is 26.4. The summed E-state index contributed by atoms with van der Waals surface area (Å²) in [5.74, 6) is -2.17. The van der Waals surface area contributed by atoms with E-state index in [-0.39, 0.29) is 17.9 Å². The molecule has 0 radical (unpaired) electrons. The fraction of sp³-hybridized carbons (Fsp3) is 0.800. The van der Waals surface area contributed by atoms with E-state index in [1.165, 1.54) is 0 Å². The Kier molecular flexibility index (Phi) is 4.22. The molecular weight excluding hydrogens is 290 g/mol. The molecule has 0 aromatic heterocycles. The standard InChI is InChI=1S/C10H13Cl3O4/c1-9(2)5(6(9)7(14)15)3-4-17-8(16)10(11,12)13/h5-6H,3-4H2,1-2H3,(H,14,15)/t5?,6-/m0/s1. The van der Waals surface area contributed by atoms with Crippen molar-refractivity contribution in [1.29, 1.82) is 0 Å². The van der Waals surface area contributed by atoms with Crippen molar-refractivity contribution in [2.45, 2.75) is 24.1 Å². The number of esters is 1. The van der Waals surface area contributed by atoms with Crippen LogP contribution in [0.25, 0.3) is 0 Å². The smallest absolute Gasteiger partial charge is 0.358 e. The van der Waals surface area contributed by atoms with E-state index in [0.29, 0.717) is 6.42 Å². The van der Waals surface area contributed by atoms with Gasteiger partial charge in [-0.3, -0.25) is 4.79 Å². The molecule has 0 aromatic rings. The predicted molar refractivity (Wildman–Crippen MR) is 64.3 cm³/mol. The van der Waals surface area contributed by atoms with E-state index >= 15 is 0 Å². The predicted octanol–water partition coefficient (Wildman–Crippen LogP) is 2.65. The molecule has 0 heterocycles. The zero-order valence-electron chi connectivity index (χ0n) is 9.37. The molecule has 1 saturated carbocycles. The van der Waals surface area contributed by atoms with Crippen LogP contribution in [-0.2, 0) is 14.3 Å². The van der Waals surface area contributed by atoms with Crippen LogP contribution < -0.4 is 0 Å². The SMILES string of the molecule is CC1(C)C(CCOC(=O)C(Cl)(Cl)Cl)[C@H]1C(=O)O. The molecule has 1 unspecified atom stereocenters. The fourth-order valence-corrected chi connectivity index (χ4v) is 2.30. The topological polar surface area (TPSA) is 63.6 Å². The molecule has 2 atom stereocenters. The summed E-state index contributed by atoms with van der Waals surface area (Å²) in [4.78, 5) is 22.0. The van der Waals surface area contributed by atoms with Crippen LogP contribution in [0, 0.1) is 17.3 Å². The molecule has 0 amide bonds. The lowest BCUT2D eigenvalue weighted by Crippen LogP contribution is -2.22. The Hall–Kier alpha value is -0.190. The molecule has 0 aromatic carbocycles. The van der Waals surface area contributed by atoms with Crippen LogP contribution in [0.1, 0.15) is 20.3 Å². The average Bonchev–Trinajstić information content (AvgIpc) is 2.66. The van der Waals surface area contributed by atoms with E-state index in [1.54, 1.807) is 0 Å². The summed E-state index contributed by atoms with van der Waals surface area (Å²) in [5.41, 5.74) is -0.266. The van der Waals surface area contributed by atoms with Gasteiger partial charge in [-0.25, -0.2) is 4.79 Å². The number of carboxylic acid groups (broad SMARTS) is 1. The summed E-state index contributed by atoms with van der Waals surface area (Å²) in [7, 11) is 0. The minimum absolute atomic E-state index is 0.0109. The molecule has 98 valence electrons. The molecule has 1 aliphatic carbocycles. The van der Waals surface area contributed by atoms with E-state index in [0.717, 1.165) is 0 Å². The molecule has 7 heteroatoms. The molecular formula is C10H13Cl3O4. The zero-order chi connectivity index (χ0) is 13.4. The minimum atomic E-state index is -2.08. The third-order valence-electron chi connectivity index (χ3n) is 3.21. The maximum atomic E-state index is 11.1. The van der Waals surface area contributed by atoms with Crippen molar-refractivity contribution in [3.63, 3.8) is 0 Å². The first-order valence-corrected chi connectivity index (χ1v) is 6.18. The second kappa shape index (κ2) is 4.82. The molecule has 0 saturated heterocycles. The number of aliphatic carboxylic acids is 1. The number of hydrogen-bond donors (Lipinski definition) is 1. The van der Waals surface area contributed by atoms with Crippen molar-refractivity contribution in [1.82, 2.24) is 0 Å². The summed E-state index contributed by atoms with van der Waals surface area (Å²) in [5, 5.41) is 8.93. The highest BCUT2D eigenvalue weighted by molar-refractivity contribution is 6.75. The van der Waals surface area contributed by atoms with Gasteiger partial charge in [0.15, 0.2) is 0 Å². The van der Waals surface area contributed by atoms with E-state index in [4.69, 9.17) is 44.6 Å². The van der Waals surface area contributed by atoms with Crippen LogP contribution in [0.4, 0.5) is 0 Å². The second-order valence-electron chi connectivity index (χ2n) is 4.67. The summed E-state index contributed by atoms with van der Waals surface area (Å²) in [6.45, 7) is 3.80. The maximum absolute atomic E-state index is 11.1. The van der Waals surface area contributed by atoms with Crippen molar-refractivity contribution < 1.29 is 19.4 Å². The average molecular weight is 304 g/mol. The van der Waals surface area contributed by atoms with Crippen LogP contribution in [0.5, 0.6) is 0 Å². The second-order valence-corrected chi connectivity index (χ2v) is 6.95. The third-order valence-corrected chi connectivity index (χ3v) is 3.67. The minimum Gasteiger partial charge on any atom is -0.481 e. The van der Waals surface area contributed by atoms with E-state index in [9.17, 15) is 9.59 Å². The van der Waals surface area contributed by atoms with Gasteiger partial charge < -0.3 is 9.84 Å². The number of carbonyl (C=O) groups excluding carboxylic acids is 1. The first-order valence-electron chi connectivity index (χ1n) is 5.05. The lowest BCUT2D eigenvalue weighted by atomic mass is 10.1. The molecule has 0 aliphatic heterocycles. The molecule has 0 spiro atoms. The Balaban J connectivity index is 2.35. The van der Waals surface area contributed by atoms with Crippen molar-refractivity contribution in [3.8, 4) is 0 Å². The number of ether oxygens (including phenoxy) is 1. The van der Waals surface area contributed by atoms with E-state index < -0.39 is 21.6 Å². The Morgan fingerprint density at radius 3 is 2.24 bits per heavy atom. The third kappa shape index (κ3) is 3.39. The summed E-state index contributed by atoms with van der Waals surface area (Å²) in [6.07, 6.45) is 0.455. The molecule has 4 nitrogen and oxygen atoms in total. The lowest BCUT2D eigenvalue weighted by Gasteiger charge is -2.10. The van der Waals surface area contributed by atoms with E-state index in [2.05, 4.69) is 0 Å². The number of hydrogen-bond acceptors (Lipinski definition) is 3. The van der Waals surface area contributed by atoms with Crippen LogP contribution in [0.3, 0.4) is 0 Å². The molecule has 1 aliphatic rings. The van der Waals surface area contributed by atoms with Gasteiger partial charge in [-0.05, 0) is 17.8 Å². The van der Waals surface area contributed by atoms with Gasteiger partial charge in [0.25, 0.3) is 3.79 Å². The zero-order valence-corrected chi connectivity index (χ0v) is 11.6. The first-order chi connectivity index (χ1) is 7.58. The van der Waals surface area contributed by atoms with Crippen molar-refractivity contribution in [3.05, 3.63) is 0 Å². The Morgan fingerprint density at radius 1 is 1.35 bits per heavy atom. The Bertz CT molecular complexity index is 335. The van der Waals surface area contributed by atoms with Crippen LogP contribution in [0.15, 0.2) is 0 Å². The highest BCUT2D eigenvalue weighted by Gasteiger charge is 2.61. The largest absolute Gasteiger partial charge is 0.481 e. The summed E-state index contributed by atoms with van der Waals surface area (Å²) in [6, 6.07) is 0. The van der Waals surface area contributed by atoms with Gasteiger partial charge in [0.2, 0.25) is 0 Å². The molecule has 1 fully saturated rings. The van der Waals surface area contributed by atoms with Crippen LogP contribution in [0.2, 0.25) is 0 Å². The quantitative estimate of drug-likeness (QED) is 0.640. The Labute approximate surface area is 114 Å². The summed E-state index contributed by atoms with van der Waals surface area (Å²) < 4.78 is 2.67. The van der Waals surface area contributed by atoms with Gasteiger partial charge in [-0.15, -0.1) is 0 Å². The molecule has 0 bridgehead atoms. The van der Waals surface area contributed by atoms with Crippen molar-refractivity contribution >= 4 is 46.7 Å². The maximum Gasteiger partial charge on any atom is 0.358 e. The Morgan fingerprint density at radius 2 is 1.88 bits per heavy atom. The number of carboxylic acids is 1. The molecule has 1 rings (SSSR count). The van der Waals surface area contributed by atoms with Crippen molar-refractivity contribution in [2.24, 2.45) is 17.3 Å². The highest BCUT2D eigenvalue weighted by Crippen LogP contribution is 2.59. The van der Waals surface area contributed by atoms with Crippen LogP contribution in [-0.4, -0.2) is 27.4 Å². The summed E-state index contributed by atoms with van der Waals surface area (Å²) >= 11 is 15.9. The van der Waals surface area contributed by atoms with Gasteiger partial charge in [0.1, 0.15) is 0 Å². The van der Waals surface area contributed by atoms with Crippen LogP contribution >= 0.6 is 34.8 Å². The van der Waals surface area contributed by atoms with Gasteiger partial charge >= 0.3 is 11.9 Å². The van der Waals surface area contributed by atoms with Crippen molar-refractivity contribution in [2.75, 3.05) is 6.61 Å². The number of rotatable bonds is 4. The number of carbonyl (C=O) groups is 2. The molecule has 17 heavy (non-hydrogen) atoms. The van der Waals surface area contributed by atoms with Gasteiger partial charge in [0.05, 0.1) is 12.5 Å².